The number of non-ortho nitro benzene ring substituents is 1. The number of amides is 1. The molecule has 0 fully saturated rings. The third kappa shape index (κ3) is 5.34. The van der Waals surface area contributed by atoms with E-state index in [4.69, 9.17) is 25.8 Å². The minimum atomic E-state index is -0.728. The number of rotatable bonds is 8. The molecule has 0 radical (unpaired) electrons. The topological polar surface area (TPSA) is 117 Å². The maximum atomic E-state index is 12.1. The number of nitro benzene ring substituents is 1. The lowest BCUT2D eigenvalue weighted by Crippen LogP contribution is -2.21. The second-order valence-electron chi connectivity index (χ2n) is 5.34. The minimum Gasteiger partial charge on any atom is -0.493 e. The van der Waals surface area contributed by atoms with Gasteiger partial charge in [-0.1, -0.05) is 11.6 Å². The summed E-state index contributed by atoms with van der Waals surface area (Å²) in [5, 5.41) is 13.1. The van der Waals surface area contributed by atoms with E-state index in [1.54, 1.807) is 13.0 Å². The molecule has 0 bridgehead atoms. The summed E-state index contributed by atoms with van der Waals surface area (Å²) in [5.74, 6) is -0.540. The number of nitro groups is 1. The lowest BCUT2D eigenvalue weighted by atomic mass is 10.2. The number of hydrogen-bond donors (Lipinski definition) is 1. The third-order valence-corrected chi connectivity index (χ3v) is 3.78. The summed E-state index contributed by atoms with van der Waals surface area (Å²) in [6, 6.07) is 8.08. The molecule has 2 aromatic carbocycles. The maximum absolute atomic E-state index is 12.1. The maximum Gasteiger partial charge on any atom is 0.338 e. The Morgan fingerprint density at radius 1 is 1.18 bits per heavy atom. The minimum absolute atomic E-state index is 0.00890. The summed E-state index contributed by atoms with van der Waals surface area (Å²) < 4.78 is 15.5. The second kappa shape index (κ2) is 9.56. The van der Waals surface area contributed by atoms with Crippen molar-refractivity contribution in [2.24, 2.45) is 0 Å². The highest BCUT2D eigenvalue weighted by atomic mass is 35.5. The van der Waals surface area contributed by atoms with Gasteiger partial charge in [-0.2, -0.15) is 0 Å². The van der Waals surface area contributed by atoms with Gasteiger partial charge in [0.25, 0.3) is 11.6 Å². The zero-order chi connectivity index (χ0) is 20.7. The first kappa shape index (κ1) is 21.0. The summed E-state index contributed by atoms with van der Waals surface area (Å²) in [5.41, 5.74) is 0.140. The monoisotopic (exact) mass is 408 g/mol. The van der Waals surface area contributed by atoms with Crippen LogP contribution in [0.2, 0.25) is 5.02 Å². The smallest absolute Gasteiger partial charge is 0.338 e. The van der Waals surface area contributed by atoms with Crippen molar-refractivity contribution in [3.63, 3.8) is 0 Å². The molecule has 0 saturated carbocycles. The Bertz CT molecular complexity index is 901. The number of carbonyl (C=O) groups excluding carboxylic acids is 2. The van der Waals surface area contributed by atoms with Crippen LogP contribution >= 0.6 is 11.6 Å². The lowest BCUT2D eigenvalue weighted by molar-refractivity contribution is -0.384. The number of nitrogens with zero attached hydrogens (tertiary/aromatic N) is 1. The third-order valence-electron chi connectivity index (χ3n) is 3.47. The Morgan fingerprint density at radius 2 is 1.93 bits per heavy atom. The molecule has 0 aliphatic heterocycles. The van der Waals surface area contributed by atoms with Crippen LogP contribution in [0.25, 0.3) is 0 Å². The van der Waals surface area contributed by atoms with Crippen molar-refractivity contribution < 1.29 is 28.7 Å². The van der Waals surface area contributed by atoms with Gasteiger partial charge >= 0.3 is 5.97 Å². The molecular formula is C18H17ClN2O7. The summed E-state index contributed by atoms with van der Waals surface area (Å²) in [7, 11) is 1.48. The van der Waals surface area contributed by atoms with Crippen molar-refractivity contribution >= 4 is 34.9 Å². The highest BCUT2D eigenvalue weighted by Crippen LogP contribution is 2.28. The van der Waals surface area contributed by atoms with Crippen molar-refractivity contribution in [3.05, 3.63) is 57.1 Å². The standard InChI is InChI=1S/C18H17ClN2O7/c1-3-27-16-8-11(4-7-15(16)26-2)18(23)28-10-17(22)20-14-6-5-12(21(24)25)9-13(14)19/h4-9H,3,10H2,1-2H3,(H,20,22). The fraction of sp³-hybridized carbons (Fsp3) is 0.222. The van der Waals surface area contributed by atoms with Crippen LogP contribution in [0.15, 0.2) is 36.4 Å². The van der Waals surface area contributed by atoms with Gasteiger partial charge in [0, 0.05) is 12.1 Å². The van der Waals surface area contributed by atoms with Crippen LogP contribution < -0.4 is 14.8 Å². The van der Waals surface area contributed by atoms with Crippen LogP contribution in [0.5, 0.6) is 11.5 Å². The summed E-state index contributed by atoms with van der Waals surface area (Å²) in [6.07, 6.45) is 0. The molecule has 0 heterocycles. The Balaban J connectivity index is 1.98. The molecule has 0 aromatic heterocycles. The van der Waals surface area contributed by atoms with Crippen molar-refractivity contribution in [2.45, 2.75) is 6.92 Å². The van der Waals surface area contributed by atoms with E-state index in [2.05, 4.69) is 5.32 Å². The van der Waals surface area contributed by atoms with Crippen molar-refractivity contribution in [2.75, 3.05) is 25.6 Å². The van der Waals surface area contributed by atoms with E-state index in [1.807, 2.05) is 0 Å². The largest absolute Gasteiger partial charge is 0.493 e. The molecule has 0 aliphatic rings. The number of nitrogens with one attached hydrogen (secondary N) is 1. The number of halogens is 1. The first-order chi connectivity index (χ1) is 13.3. The number of carbonyl (C=O) groups is 2. The average Bonchev–Trinajstić information content (AvgIpc) is 2.67. The van der Waals surface area contributed by atoms with Gasteiger partial charge < -0.3 is 19.5 Å². The quantitative estimate of drug-likeness (QED) is 0.403. The SMILES string of the molecule is CCOc1cc(C(=O)OCC(=O)Nc2ccc([N+](=O)[O-])cc2Cl)ccc1OC. The molecule has 2 rings (SSSR count). The van der Waals surface area contributed by atoms with Crippen LogP contribution in [0.1, 0.15) is 17.3 Å². The Kier molecular flexibility index (Phi) is 7.16. The first-order valence-corrected chi connectivity index (χ1v) is 8.45. The van der Waals surface area contributed by atoms with Crippen molar-refractivity contribution in [1.29, 1.82) is 0 Å². The highest BCUT2D eigenvalue weighted by Gasteiger charge is 2.15. The molecule has 0 spiro atoms. The van der Waals surface area contributed by atoms with Gasteiger partial charge in [0.15, 0.2) is 18.1 Å². The van der Waals surface area contributed by atoms with Gasteiger partial charge in [0.05, 0.1) is 34.9 Å². The van der Waals surface area contributed by atoms with Crippen LogP contribution in [0, 0.1) is 10.1 Å². The Morgan fingerprint density at radius 3 is 2.54 bits per heavy atom. The molecule has 9 nitrogen and oxygen atoms in total. The average molecular weight is 409 g/mol. The summed E-state index contributed by atoms with van der Waals surface area (Å²) in [6.45, 7) is 1.60. The predicted molar refractivity (Wildman–Crippen MR) is 101 cm³/mol. The van der Waals surface area contributed by atoms with Gasteiger partial charge in [0.2, 0.25) is 0 Å². The molecular weight excluding hydrogens is 392 g/mol. The van der Waals surface area contributed by atoms with Crippen molar-refractivity contribution in [3.8, 4) is 11.5 Å². The first-order valence-electron chi connectivity index (χ1n) is 8.07. The molecule has 1 amide bonds. The van der Waals surface area contributed by atoms with E-state index in [9.17, 15) is 19.7 Å². The van der Waals surface area contributed by atoms with Gasteiger partial charge in [-0.3, -0.25) is 14.9 Å². The molecule has 148 valence electrons. The van der Waals surface area contributed by atoms with Gasteiger partial charge in [-0.05, 0) is 31.2 Å². The number of benzene rings is 2. The zero-order valence-electron chi connectivity index (χ0n) is 15.1. The molecule has 0 aliphatic carbocycles. The molecule has 0 atom stereocenters. The number of ether oxygens (including phenoxy) is 3. The van der Waals surface area contributed by atoms with Crippen molar-refractivity contribution in [1.82, 2.24) is 0 Å². The zero-order valence-corrected chi connectivity index (χ0v) is 15.8. The van der Waals surface area contributed by atoms with Gasteiger partial charge in [0.1, 0.15) is 0 Å². The summed E-state index contributed by atoms with van der Waals surface area (Å²) in [4.78, 5) is 34.2. The molecule has 1 N–H and O–H groups in total. The summed E-state index contributed by atoms with van der Waals surface area (Å²) >= 11 is 5.90. The number of esters is 1. The van der Waals surface area contributed by atoms with E-state index in [1.165, 1.54) is 31.4 Å². The number of anilines is 1. The fourth-order valence-corrected chi connectivity index (χ4v) is 2.41. The molecule has 0 saturated heterocycles. The van der Waals surface area contributed by atoms with Crippen LogP contribution in [0.4, 0.5) is 11.4 Å². The Labute approximate surface area is 165 Å². The van der Waals surface area contributed by atoms with E-state index < -0.39 is 23.4 Å². The van der Waals surface area contributed by atoms with Crippen LogP contribution in [-0.2, 0) is 9.53 Å². The van der Waals surface area contributed by atoms with E-state index in [-0.39, 0.29) is 22.0 Å². The van der Waals surface area contributed by atoms with Gasteiger partial charge in [-0.15, -0.1) is 0 Å². The van der Waals surface area contributed by atoms with Gasteiger partial charge in [-0.25, -0.2) is 4.79 Å². The molecule has 10 heteroatoms. The number of hydrogen-bond acceptors (Lipinski definition) is 7. The lowest BCUT2D eigenvalue weighted by Gasteiger charge is -2.11. The van der Waals surface area contributed by atoms with Crippen LogP contribution in [0.3, 0.4) is 0 Å². The van der Waals surface area contributed by atoms with E-state index in [0.29, 0.717) is 18.1 Å². The molecule has 28 heavy (non-hydrogen) atoms. The Hall–Kier alpha value is -3.33. The van der Waals surface area contributed by atoms with Crippen LogP contribution in [-0.4, -0.2) is 37.1 Å². The molecule has 2 aromatic rings. The highest BCUT2D eigenvalue weighted by molar-refractivity contribution is 6.34. The normalized spacial score (nSPS) is 10.1. The number of methoxy groups -OCH3 is 1. The van der Waals surface area contributed by atoms with E-state index in [0.717, 1.165) is 6.07 Å². The van der Waals surface area contributed by atoms with E-state index >= 15 is 0 Å². The molecule has 0 unspecified atom stereocenters. The second-order valence-corrected chi connectivity index (χ2v) is 5.75. The predicted octanol–water partition coefficient (Wildman–Crippen LogP) is 3.45. The fourth-order valence-electron chi connectivity index (χ4n) is 2.19.